The highest BCUT2D eigenvalue weighted by molar-refractivity contribution is 9.09. The van der Waals surface area contributed by atoms with Crippen LogP contribution in [0.3, 0.4) is 0 Å². The van der Waals surface area contributed by atoms with Gasteiger partial charge in [0, 0.05) is 5.88 Å². The van der Waals surface area contributed by atoms with Crippen LogP contribution < -0.4 is 0 Å². The maximum Gasteiger partial charge on any atom is 0.133 e. The van der Waals surface area contributed by atoms with E-state index in [0.717, 1.165) is 6.29 Å². The lowest BCUT2D eigenvalue weighted by Gasteiger charge is -1.91. The van der Waals surface area contributed by atoms with Crippen LogP contribution in [0, 0.1) is 0 Å². The van der Waals surface area contributed by atoms with Crippen LogP contribution in [0.4, 0.5) is 0 Å². The number of carbonyl (C=O) groups excluding carboxylic acids is 1. The molecule has 0 saturated carbocycles. The van der Waals surface area contributed by atoms with E-state index in [1.807, 2.05) is 0 Å². The minimum Gasteiger partial charge on any atom is -0.302 e. The fraction of sp³-hybridized carbons (Fsp3) is 0.750. The van der Waals surface area contributed by atoms with Crippen LogP contribution in [0.15, 0.2) is 0 Å². The molecule has 0 aliphatic rings. The molecular weight excluding hydrogens is 179 g/mol. The Bertz CT molecular complexity index is 57.7. The van der Waals surface area contributed by atoms with Crippen molar-refractivity contribution in [3.63, 3.8) is 0 Å². The first kappa shape index (κ1) is 7.44. The maximum absolute atomic E-state index is 9.79. The van der Waals surface area contributed by atoms with Crippen LogP contribution in [0.5, 0.6) is 0 Å². The summed E-state index contributed by atoms with van der Waals surface area (Å²) in [6.07, 6.45) is 1.55. The Hall–Kier alpha value is 0.440. The van der Waals surface area contributed by atoms with Crippen LogP contribution >= 0.6 is 27.5 Å². The van der Waals surface area contributed by atoms with Crippen molar-refractivity contribution < 1.29 is 4.79 Å². The third kappa shape index (κ3) is 4.29. The third-order valence-electron chi connectivity index (χ3n) is 0.533. The molecule has 1 unspecified atom stereocenters. The second-order valence-electron chi connectivity index (χ2n) is 1.13. The minimum absolute atomic E-state index is 0.0509. The van der Waals surface area contributed by atoms with Gasteiger partial charge in [-0.05, 0) is 6.42 Å². The van der Waals surface area contributed by atoms with E-state index in [1.165, 1.54) is 0 Å². The number of hydrogen-bond acceptors (Lipinski definition) is 1. The molecule has 0 amide bonds. The van der Waals surface area contributed by atoms with E-state index in [-0.39, 0.29) is 4.83 Å². The molecule has 0 N–H and O–H groups in total. The molecule has 1 nitrogen and oxygen atoms in total. The summed E-state index contributed by atoms with van der Waals surface area (Å²) in [5.74, 6) is 0.536. The van der Waals surface area contributed by atoms with Crippen LogP contribution in [-0.4, -0.2) is 17.0 Å². The van der Waals surface area contributed by atoms with Crippen LogP contribution in [0.2, 0.25) is 0 Å². The third-order valence-corrected chi connectivity index (χ3v) is 1.42. The highest BCUT2D eigenvalue weighted by atomic mass is 79.9. The van der Waals surface area contributed by atoms with Gasteiger partial charge >= 0.3 is 0 Å². The summed E-state index contributed by atoms with van der Waals surface area (Å²) in [5, 5.41) is 0. The molecule has 1 atom stereocenters. The fourth-order valence-electron chi connectivity index (χ4n) is 0.172. The summed E-state index contributed by atoms with van der Waals surface area (Å²) in [4.78, 5) is 9.74. The molecular formula is C4H6BrClO. The fourth-order valence-corrected chi connectivity index (χ4v) is 0.900. The molecule has 0 bridgehead atoms. The number of rotatable bonds is 3. The Morgan fingerprint density at radius 1 is 1.86 bits per heavy atom. The maximum atomic E-state index is 9.79. The van der Waals surface area contributed by atoms with Gasteiger partial charge in [-0.2, -0.15) is 0 Å². The zero-order valence-corrected chi connectivity index (χ0v) is 6.08. The van der Waals surface area contributed by atoms with E-state index < -0.39 is 0 Å². The topological polar surface area (TPSA) is 17.1 Å². The summed E-state index contributed by atoms with van der Waals surface area (Å²) in [6.45, 7) is 0. The smallest absolute Gasteiger partial charge is 0.133 e. The van der Waals surface area contributed by atoms with Crippen molar-refractivity contribution in [3.8, 4) is 0 Å². The van der Waals surface area contributed by atoms with E-state index in [1.54, 1.807) is 0 Å². The summed E-state index contributed by atoms with van der Waals surface area (Å²) >= 11 is 8.37. The second kappa shape index (κ2) is 4.60. The highest BCUT2D eigenvalue weighted by Gasteiger charge is 1.96. The number of carbonyl (C=O) groups is 1. The first-order chi connectivity index (χ1) is 3.31. The molecule has 0 spiro atoms. The summed E-state index contributed by atoms with van der Waals surface area (Å²) in [6, 6.07) is 0. The predicted molar refractivity (Wildman–Crippen MR) is 34.1 cm³/mol. The van der Waals surface area contributed by atoms with Gasteiger partial charge in [0.25, 0.3) is 0 Å². The van der Waals surface area contributed by atoms with Crippen molar-refractivity contribution in [3.05, 3.63) is 0 Å². The molecule has 0 saturated heterocycles. The molecule has 0 fully saturated rings. The standard InChI is InChI=1S/C4H6BrClO/c5-4(3-7)1-2-6/h3-4H,1-2H2. The zero-order valence-electron chi connectivity index (χ0n) is 3.73. The van der Waals surface area contributed by atoms with Crippen LogP contribution in [-0.2, 0) is 4.79 Å². The monoisotopic (exact) mass is 184 g/mol. The van der Waals surface area contributed by atoms with E-state index in [4.69, 9.17) is 11.6 Å². The van der Waals surface area contributed by atoms with Gasteiger partial charge in [0.2, 0.25) is 0 Å². The summed E-state index contributed by atoms with van der Waals surface area (Å²) in [5.41, 5.74) is 0. The Labute approximate surface area is 56.2 Å². The molecule has 0 aromatic carbocycles. The average molecular weight is 185 g/mol. The van der Waals surface area contributed by atoms with Crippen LogP contribution in [0.25, 0.3) is 0 Å². The van der Waals surface area contributed by atoms with Gasteiger partial charge < -0.3 is 4.79 Å². The molecule has 3 heteroatoms. The van der Waals surface area contributed by atoms with Gasteiger partial charge in [-0.1, -0.05) is 15.9 Å². The van der Waals surface area contributed by atoms with Gasteiger partial charge in [-0.25, -0.2) is 0 Å². The van der Waals surface area contributed by atoms with E-state index >= 15 is 0 Å². The Morgan fingerprint density at radius 2 is 2.43 bits per heavy atom. The van der Waals surface area contributed by atoms with Crippen molar-refractivity contribution in [1.29, 1.82) is 0 Å². The quantitative estimate of drug-likeness (QED) is 0.482. The SMILES string of the molecule is O=CC(Br)CCCl. The number of aldehydes is 1. The number of alkyl halides is 2. The van der Waals surface area contributed by atoms with E-state index in [2.05, 4.69) is 15.9 Å². The lowest BCUT2D eigenvalue weighted by Crippen LogP contribution is -1.97. The first-order valence-corrected chi connectivity index (χ1v) is 3.41. The molecule has 0 aromatic rings. The normalized spacial score (nSPS) is 13.4. The van der Waals surface area contributed by atoms with E-state index in [0.29, 0.717) is 12.3 Å². The summed E-state index contributed by atoms with van der Waals surface area (Å²) < 4.78 is 0. The van der Waals surface area contributed by atoms with Gasteiger partial charge in [-0.3, -0.25) is 0 Å². The minimum atomic E-state index is -0.0509. The van der Waals surface area contributed by atoms with Gasteiger partial charge in [0.15, 0.2) is 0 Å². The highest BCUT2D eigenvalue weighted by Crippen LogP contribution is 2.01. The van der Waals surface area contributed by atoms with Gasteiger partial charge in [0.05, 0.1) is 4.83 Å². The molecule has 0 aromatic heterocycles. The molecule has 0 aliphatic carbocycles. The Kier molecular flexibility index (Phi) is 4.88. The van der Waals surface area contributed by atoms with E-state index in [9.17, 15) is 4.79 Å². The average Bonchev–Trinajstić information content (AvgIpc) is 1.68. The Morgan fingerprint density at radius 3 is 2.57 bits per heavy atom. The van der Waals surface area contributed by atoms with Crippen molar-refractivity contribution in [2.75, 3.05) is 5.88 Å². The van der Waals surface area contributed by atoms with Crippen molar-refractivity contribution in [2.24, 2.45) is 0 Å². The zero-order chi connectivity index (χ0) is 5.70. The summed E-state index contributed by atoms with van der Waals surface area (Å²) in [7, 11) is 0. The molecule has 0 radical (unpaired) electrons. The molecule has 0 rings (SSSR count). The molecule has 42 valence electrons. The Balaban J connectivity index is 2.98. The second-order valence-corrected chi connectivity index (χ2v) is 2.68. The first-order valence-electron chi connectivity index (χ1n) is 1.96. The molecule has 0 aliphatic heterocycles. The van der Waals surface area contributed by atoms with Crippen molar-refractivity contribution in [2.45, 2.75) is 11.2 Å². The van der Waals surface area contributed by atoms with Crippen molar-refractivity contribution in [1.82, 2.24) is 0 Å². The lowest BCUT2D eigenvalue weighted by molar-refractivity contribution is -0.107. The van der Waals surface area contributed by atoms with Gasteiger partial charge in [0.1, 0.15) is 6.29 Å². The van der Waals surface area contributed by atoms with Crippen molar-refractivity contribution >= 4 is 33.8 Å². The van der Waals surface area contributed by atoms with Gasteiger partial charge in [-0.15, -0.1) is 11.6 Å². The molecule has 7 heavy (non-hydrogen) atoms. The predicted octanol–water partition coefficient (Wildman–Crippen LogP) is 1.58. The largest absolute Gasteiger partial charge is 0.302 e. The number of hydrogen-bond donors (Lipinski definition) is 0. The van der Waals surface area contributed by atoms with Crippen LogP contribution in [0.1, 0.15) is 6.42 Å². The number of halogens is 2. The lowest BCUT2D eigenvalue weighted by atomic mass is 10.4. The molecule has 0 heterocycles.